The van der Waals surface area contributed by atoms with E-state index in [0.717, 1.165) is 21.9 Å². The molecule has 0 aliphatic rings. The average Bonchev–Trinajstić information content (AvgIpc) is 2.46. The summed E-state index contributed by atoms with van der Waals surface area (Å²) in [6.07, 6.45) is 1.57. The van der Waals surface area contributed by atoms with Crippen molar-refractivity contribution in [3.63, 3.8) is 0 Å². The van der Waals surface area contributed by atoms with Crippen molar-refractivity contribution in [2.24, 2.45) is 0 Å². The van der Waals surface area contributed by atoms with Crippen molar-refractivity contribution < 1.29 is 9.90 Å². The van der Waals surface area contributed by atoms with Crippen LogP contribution in [-0.2, 0) is 0 Å². The molecule has 0 atom stereocenters. The van der Waals surface area contributed by atoms with E-state index in [1.807, 2.05) is 42.5 Å². The zero-order valence-electron chi connectivity index (χ0n) is 10.4. The molecule has 0 fully saturated rings. The standard InChI is InChI=1S/C16H10ClNO2/c17-14-4-2-1-3-13(14)11-6-5-10-8-15(16(19)20)18-9-12(10)7-11/h1-9H,(H,19,20). The van der Waals surface area contributed by atoms with Gasteiger partial charge in [-0.2, -0.15) is 0 Å². The van der Waals surface area contributed by atoms with Gasteiger partial charge < -0.3 is 5.11 Å². The molecule has 0 spiro atoms. The van der Waals surface area contributed by atoms with E-state index in [2.05, 4.69) is 4.98 Å². The molecule has 0 saturated carbocycles. The molecule has 0 aliphatic heterocycles. The Kier molecular flexibility index (Phi) is 3.12. The molecule has 20 heavy (non-hydrogen) atoms. The largest absolute Gasteiger partial charge is 0.477 e. The van der Waals surface area contributed by atoms with Gasteiger partial charge in [-0.15, -0.1) is 0 Å². The lowest BCUT2D eigenvalue weighted by molar-refractivity contribution is 0.0690. The van der Waals surface area contributed by atoms with Crippen molar-refractivity contribution in [2.75, 3.05) is 0 Å². The summed E-state index contributed by atoms with van der Waals surface area (Å²) in [5, 5.41) is 11.3. The molecule has 2 aromatic carbocycles. The Balaban J connectivity index is 2.15. The number of carboxylic acids is 1. The van der Waals surface area contributed by atoms with Gasteiger partial charge in [0.25, 0.3) is 0 Å². The number of pyridine rings is 1. The van der Waals surface area contributed by atoms with Gasteiger partial charge in [-0.05, 0) is 29.1 Å². The van der Waals surface area contributed by atoms with Crippen molar-refractivity contribution in [1.29, 1.82) is 0 Å². The number of hydrogen-bond donors (Lipinski definition) is 1. The van der Waals surface area contributed by atoms with Crippen LogP contribution >= 0.6 is 11.6 Å². The minimum absolute atomic E-state index is 0.0444. The number of benzene rings is 2. The average molecular weight is 284 g/mol. The molecule has 1 heterocycles. The summed E-state index contributed by atoms with van der Waals surface area (Å²) in [6, 6.07) is 14.9. The molecule has 3 rings (SSSR count). The van der Waals surface area contributed by atoms with Gasteiger partial charge in [0, 0.05) is 22.2 Å². The molecule has 0 unspecified atom stereocenters. The first kappa shape index (κ1) is 12.6. The first-order chi connectivity index (χ1) is 9.65. The van der Waals surface area contributed by atoms with Gasteiger partial charge in [-0.25, -0.2) is 9.78 Å². The number of nitrogens with zero attached hydrogens (tertiary/aromatic N) is 1. The fourth-order valence-electron chi connectivity index (χ4n) is 2.12. The second kappa shape index (κ2) is 4.94. The van der Waals surface area contributed by atoms with Crippen LogP contribution in [0.3, 0.4) is 0 Å². The SMILES string of the molecule is O=C(O)c1cc2ccc(-c3ccccc3Cl)cc2cn1. The number of carbonyl (C=O) groups is 1. The van der Waals surface area contributed by atoms with Gasteiger partial charge in [0.15, 0.2) is 0 Å². The van der Waals surface area contributed by atoms with Crippen LogP contribution in [0.5, 0.6) is 0 Å². The van der Waals surface area contributed by atoms with Crippen molar-refractivity contribution in [1.82, 2.24) is 4.98 Å². The second-order valence-electron chi connectivity index (χ2n) is 4.42. The van der Waals surface area contributed by atoms with Crippen LogP contribution < -0.4 is 0 Å². The monoisotopic (exact) mass is 283 g/mol. The van der Waals surface area contributed by atoms with Crippen molar-refractivity contribution in [3.05, 3.63) is 65.4 Å². The van der Waals surface area contributed by atoms with E-state index in [1.165, 1.54) is 0 Å². The van der Waals surface area contributed by atoms with Gasteiger partial charge in [-0.1, -0.05) is 41.9 Å². The Labute approximate surface area is 120 Å². The number of hydrogen-bond acceptors (Lipinski definition) is 2. The van der Waals surface area contributed by atoms with Crippen molar-refractivity contribution >= 4 is 28.3 Å². The molecule has 0 saturated heterocycles. The van der Waals surface area contributed by atoms with Gasteiger partial charge in [0.2, 0.25) is 0 Å². The third-order valence-corrected chi connectivity index (χ3v) is 3.46. The molecule has 98 valence electrons. The lowest BCUT2D eigenvalue weighted by Gasteiger charge is -2.06. The minimum Gasteiger partial charge on any atom is -0.477 e. The highest BCUT2D eigenvalue weighted by atomic mass is 35.5. The van der Waals surface area contributed by atoms with E-state index >= 15 is 0 Å². The van der Waals surface area contributed by atoms with E-state index in [4.69, 9.17) is 16.7 Å². The maximum absolute atomic E-state index is 10.9. The minimum atomic E-state index is -1.03. The molecule has 1 aromatic heterocycles. The van der Waals surface area contributed by atoms with E-state index in [0.29, 0.717) is 5.02 Å². The molecular weight excluding hydrogens is 274 g/mol. The Bertz CT molecular complexity index is 814. The number of carboxylic acid groups (broad SMARTS) is 1. The highest BCUT2D eigenvalue weighted by Gasteiger charge is 2.07. The highest BCUT2D eigenvalue weighted by Crippen LogP contribution is 2.29. The highest BCUT2D eigenvalue weighted by molar-refractivity contribution is 6.33. The Hall–Kier alpha value is -2.39. The number of fused-ring (bicyclic) bond motifs is 1. The van der Waals surface area contributed by atoms with Crippen molar-refractivity contribution in [2.45, 2.75) is 0 Å². The zero-order chi connectivity index (χ0) is 14.1. The van der Waals surface area contributed by atoms with Crippen LogP contribution in [0, 0.1) is 0 Å². The lowest BCUT2D eigenvalue weighted by atomic mass is 10.0. The maximum atomic E-state index is 10.9. The zero-order valence-corrected chi connectivity index (χ0v) is 11.1. The first-order valence-electron chi connectivity index (χ1n) is 6.03. The normalized spacial score (nSPS) is 10.7. The first-order valence-corrected chi connectivity index (χ1v) is 6.41. The van der Waals surface area contributed by atoms with Crippen molar-refractivity contribution in [3.8, 4) is 11.1 Å². The van der Waals surface area contributed by atoms with Gasteiger partial charge in [0.05, 0.1) is 0 Å². The Morgan fingerprint density at radius 2 is 1.85 bits per heavy atom. The third-order valence-electron chi connectivity index (χ3n) is 3.13. The molecule has 3 nitrogen and oxygen atoms in total. The molecule has 0 bridgehead atoms. The van der Waals surface area contributed by atoms with E-state index < -0.39 is 5.97 Å². The van der Waals surface area contributed by atoms with E-state index in [9.17, 15) is 4.79 Å². The fraction of sp³-hybridized carbons (Fsp3) is 0. The predicted octanol–water partition coefficient (Wildman–Crippen LogP) is 4.25. The molecule has 0 radical (unpaired) electrons. The van der Waals surface area contributed by atoms with Gasteiger partial charge in [-0.3, -0.25) is 0 Å². The smallest absolute Gasteiger partial charge is 0.354 e. The summed E-state index contributed by atoms with van der Waals surface area (Å²) in [4.78, 5) is 14.8. The van der Waals surface area contributed by atoms with E-state index in [-0.39, 0.29) is 5.69 Å². The maximum Gasteiger partial charge on any atom is 0.354 e. The fourth-order valence-corrected chi connectivity index (χ4v) is 2.37. The summed E-state index contributed by atoms with van der Waals surface area (Å²) in [5.74, 6) is -1.03. The summed E-state index contributed by atoms with van der Waals surface area (Å²) in [5.41, 5.74) is 1.97. The van der Waals surface area contributed by atoms with Crippen LogP contribution in [0.4, 0.5) is 0 Å². The molecule has 4 heteroatoms. The van der Waals surface area contributed by atoms with Crippen LogP contribution in [0.25, 0.3) is 21.9 Å². The van der Waals surface area contributed by atoms with Gasteiger partial charge >= 0.3 is 5.97 Å². The van der Waals surface area contributed by atoms with Crippen LogP contribution in [-0.4, -0.2) is 16.1 Å². The third kappa shape index (κ3) is 2.24. The Morgan fingerprint density at radius 1 is 1.05 bits per heavy atom. The molecule has 1 N–H and O–H groups in total. The number of aromatic nitrogens is 1. The van der Waals surface area contributed by atoms with Gasteiger partial charge in [0.1, 0.15) is 5.69 Å². The van der Waals surface area contributed by atoms with Crippen LogP contribution in [0.1, 0.15) is 10.5 Å². The quantitative estimate of drug-likeness (QED) is 0.765. The number of aromatic carboxylic acids is 1. The number of halogens is 1. The molecule has 0 amide bonds. The Morgan fingerprint density at radius 3 is 2.60 bits per heavy atom. The second-order valence-corrected chi connectivity index (χ2v) is 4.82. The number of rotatable bonds is 2. The van der Waals surface area contributed by atoms with E-state index in [1.54, 1.807) is 12.3 Å². The summed E-state index contributed by atoms with van der Waals surface area (Å²) >= 11 is 6.18. The molecular formula is C16H10ClNO2. The predicted molar refractivity (Wildman–Crippen MR) is 79.1 cm³/mol. The summed E-state index contributed by atoms with van der Waals surface area (Å²) in [7, 11) is 0. The van der Waals surface area contributed by atoms with Crippen LogP contribution in [0.15, 0.2) is 54.7 Å². The topological polar surface area (TPSA) is 50.2 Å². The molecule has 3 aromatic rings. The summed E-state index contributed by atoms with van der Waals surface area (Å²) in [6.45, 7) is 0. The summed E-state index contributed by atoms with van der Waals surface area (Å²) < 4.78 is 0. The lowest BCUT2D eigenvalue weighted by Crippen LogP contribution is -1.99. The molecule has 0 aliphatic carbocycles. The van der Waals surface area contributed by atoms with Crippen LogP contribution in [0.2, 0.25) is 5.02 Å².